The molecule has 2 rings (SSSR count). The Morgan fingerprint density at radius 2 is 2.11 bits per heavy atom. The minimum absolute atomic E-state index is 0.248. The summed E-state index contributed by atoms with van der Waals surface area (Å²) < 4.78 is 15.0. The quantitative estimate of drug-likeness (QED) is 0.914. The van der Waals surface area contributed by atoms with E-state index < -0.39 is 0 Å². The number of anilines is 1. The Morgan fingerprint density at radius 3 is 2.68 bits per heavy atom. The van der Waals surface area contributed by atoms with Gasteiger partial charge in [-0.15, -0.1) is 0 Å². The lowest BCUT2D eigenvalue weighted by molar-refractivity contribution is 0.101. The molecule has 0 bridgehead atoms. The van der Waals surface area contributed by atoms with Gasteiger partial charge in [0.2, 0.25) is 0 Å². The van der Waals surface area contributed by atoms with Gasteiger partial charge in [-0.05, 0) is 19.1 Å². The van der Waals surface area contributed by atoms with E-state index in [4.69, 9.17) is 14.0 Å². The van der Waals surface area contributed by atoms with Crippen molar-refractivity contribution in [3.05, 3.63) is 35.7 Å². The predicted octanol–water partition coefficient (Wildman–Crippen LogP) is 2.25. The van der Waals surface area contributed by atoms with Crippen LogP contribution in [0.5, 0.6) is 11.5 Å². The summed E-state index contributed by atoms with van der Waals surface area (Å²) in [6, 6.07) is 5.12. The molecule has 1 amide bonds. The Balaban J connectivity index is 2.24. The number of carbonyl (C=O) groups is 1. The van der Waals surface area contributed by atoms with Crippen LogP contribution in [0, 0.1) is 6.92 Å². The standard InChI is InChI=1S/C13H14N2O4/c1-8-7-19-15-12(8)13(16)14-10-5-4-9(17-2)6-11(10)18-3/h4-7H,1-3H3,(H,14,16). The van der Waals surface area contributed by atoms with Crippen molar-refractivity contribution in [1.29, 1.82) is 0 Å². The number of methoxy groups -OCH3 is 2. The van der Waals surface area contributed by atoms with E-state index in [1.807, 2.05) is 0 Å². The van der Waals surface area contributed by atoms with Gasteiger partial charge in [0.25, 0.3) is 5.91 Å². The fraction of sp³-hybridized carbons (Fsp3) is 0.231. The van der Waals surface area contributed by atoms with Crippen molar-refractivity contribution in [2.75, 3.05) is 19.5 Å². The number of benzene rings is 1. The third-order valence-corrected chi connectivity index (χ3v) is 2.62. The number of carbonyl (C=O) groups excluding carboxylic acids is 1. The van der Waals surface area contributed by atoms with Crippen LogP contribution >= 0.6 is 0 Å². The van der Waals surface area contributed by atoms with Gasteiger partial charge in [0, 0.05) is 11.6 Å². The number of amides is 1. The molecule has 0 aliphatic carbocycles. The van der Waals surface area contributed by atoms with Crippen molar-refractivity contribution < 1.29 is 18.8 Å². The fourth-order valence-corrected chi connectivity index (χ4v) is 1.59. The molecular weight excluding hydrogens is 248 g/mol. The molecule has 1 heterocycles. The summed E-state index contributed by atoms with van der Waals surface area (Å²) in [6.07, 6.45) is 1.42. The van der Waals surface area contributed by atoms with Gasteiger partial charge in [-0.1, -0.05) is 5.16 Å². The van der Waals surface area contributed by atoms with Gasteiger partial charge in [-0.3, -0.25) is 4.79 Å². The number of aromatic nitrogens is 1. The molecule has 0 spiro atoms. The number of nitrogens with zero attached hydrogens (tertiary/aromatic N) is 1. The molecule has 0 saturated carbocycles. The van der Waals surface area contributed by atoms with Gasteiger partial charge < -0.3 is 19.3 Å². The SMILES string of the molecule is COc1ccc(NC(=O)c2nocc2C)c(OC)c1. The van der Waals surface area contributed by atoms with Crippen LogP contribution in [0.1, 0.15) is 16.1 Å². The lowest BCUT2D eigenvalue weighted by atomic mass is 10.2. The highest BCUT2D eigenvalue weighted by Gasteiger charge is 2.15. The van der Waals surface area contributed by atoms with Gasteiger partial charge >= 0.3 is 0 Å². The Labute approximate surface area is 110 Å². The van der Waals surface area contributed by atoms with E-state index in [1.54, 1.807) is 32.2 Å². The second-order valence-electron chi connectivity index (χ2n) is 3.87. The van der Waals surface area contributed by atoms with Gasteiger partial charge in [0.15, 0.2) is 5.69 Å². The van der Waals surface area contributed by atoms with Crippen LogP contribution in [-0.2, 0) is 0 Å². The number of aryl methyl sites for hydroxylation is 1. The molecule has 6 heteroatoms. The van der Waals surface area contributed by atoms with Crippen molar-refractivity contribution in [3.63, 3.8) is 0 Å². The number of hydrogen-bond acceptors (Lipinski definition) is 5. The van der Waals surface area contributed by atoms with E-state index in [0.717, 1.165) is 0 Å². The van der Waals surface area contributed by atoms with Crippen LogP contribution in [0.2, 0.25) is 0 Å². The average molecular weight is 262 g/mol. The summed E-state index contributed by atoms with van der Waals surface area (Å²) in [6.45, 7) is 1.75. The van der Waals surface area contributed by atoms with E-state index in [2.05, 4.69) is 10.5 Å². The molecule has 100 valence electrons. The lowest BCUT2D eigenvalue weighted by Gasteiger charge is -2.10. The second-order valence-corrected chi connectivity index (χ2v) is 3.87. The summed E-state index contributed by atoms with van der Waals surface area (Å²) in [4.78, 5) is 12.0. The van der Waals surface area contributed by atoms with Gasteiger partial charge in [0.05, 0.1) is 19.9 Å². The van der Waals surface area contributed by atoms with Gasteiger partial charge in [0.1, 0.15) is 17.8 Å². The van der Waals surface area contributed by atoms with Crippen LogP contribution in [0.15, 0.2) is 29.0 Å². The predicted molar refractivity (Wildman–Crippen MR) is 68.7 cm³/mol. The van der Waals surface area contributed by atoms with E-state index in [1.165, 1.54) is 13.4 Å². The highest BCUT2D eigenvalue weighted by molar-refractivity contribution is 6.04. The molecule has 0 aliphatic heterocycles. The zero-order valence-corrected chi connectivity index (χ0v) is 10.9. The minimum atomic E-state index is -0.352. The summed E-state index contributed by atoms with van der Waals surface area (Å²) in [5.41, 5.74) is 1.46. The first-order valence-corrected chi connectivity index (χ1v) is 5.60. The highest BCUT2D eigenvalue weighted by atomic mass is 16.5. The maximum absolute atomic E-state index is 12.0. The first-order valence-electron chi connectivity index (χ1n) is 5.60. The Kier molecular flexibility index (Phi) is 3.70. The minimum Gasteiger partial charge on any atom is -0.497 e. The normalized spacial score (nSPS) is 10.1. The molecule has 1 aromatic carbocycles. The van der Waals surface area contributed by atoms with Crippen LogP contribution in [0.3, 0.4) is 0 Å². The van der Waals surface area contributed by atoms with Crippen molar-refractivity contribution in [1.82, 2.24) is 5.16 Å². The summed E-state index contributed by atoms with van der Waals surface area (Å²) in [7, 11) is 3.08. The summed E-state index contributed by atoms with van der Waals surface area (Å²) in [5, 5.41) is 6.36. The Bertz CT molecular complexity index is 592. The first kappa shape index (κ1) is 12.9. The maximum atomic E-state index is 12.0. The molecule has 0 saturated heterocycles. The van der Waals surface area contributed by atoms with E-state index in [-0.39, 0.29) is 11.6 Å². The zero-order chi connectivity index (χ0) is 13.8. The molecule has 1 aromatic heterocycles. The zero-order valence-electron chi connectivity index (χ0n) is 10.9. The molecule has 0 unspecified atom stereocenters. The Hall–Kier alpha value is -2.50. The van der Waals surface area contributed by atoms with Crippen LogP contribution in [0.25, 0.3) is 0 Å². The van der Waals surface area contributed by atoms with Crippen molar-refractivity contribution in [2.45, 2.75) is 6.92 Å². The van der Waals surface area contributed by atoms with Crippen molar-refractivity contribution in [3.8, 4) is 11.5 Å². The molecule has 0 aliphatic rings. The number of ether oxygens (including phenoxy) is 2. The maximum Gasteiger partial charge on any atom is 0.278 e. The molecule has 0 fully saturated rings. The van der Waals surface area contributed by atoms with Gasteiger partial charge in [-0.2, -0.15) is 0 Å². The number of nitrogens with one attached hydrogen (secondary N) is 1. The molecule has 1 N–H and O–H groups in total. The second kappa shape index (κ2) is 5.43. The van der Waals surface area contributed by atoms with Crippen LogP contribution in [-0.4, -0.2) is 25.3 Å². The molecule has 2 aromatic rings. The van der Waals surface area contributed by atoms with Crippen molar-refractivity contribution in [2.24, 2.45) is 0 Å². The molecule has 0 atom stereocenters. The lowest BCUT2D eigenvalue weighted by Crippen LogP contribution is -2.14. The molecule has 19 heavy (non-hydrogen) atoms. The highest BCUT2D eigenvalue weighted by Crippen LogP contribution is 2.29. The first-order chi connectivity index (χ1) is 9.15. The summed E-state index contributed by atoms with van der Waals surface area (Å²) in [5.74, 6) is 0.802. The fourth-order valence-electron chi connectivity index (χ4n) is 1.59. The van der Waals surface area contributed by atoms with E-state index in [9.17, 15) is 4.79 Å². The Morgan fingerprint density at radius 1 is 1.32 bits per heavy atom. The van der Waals surface area contributed by atoms with Crippen LogP contribution < -0.4 is 14.8 Å². The van der Waals surface area contributed by atoms with E-state index >= 15 is 0 Å². The summed E-state index contributed by atoms with van der Waals surface area (Å²) >= 11 is 0. The van der Waals surface area contributed by atoms with E-state index in [0.29, 0.717) is 22.7 Å². The van der Waals surface area contributed by atoms with Gasteiger partial charge in [-0.25, -0.2) is 0 Å². The molecule has 6 nitrogen and oxygen atoms in total. The third kappa shape index (κ3) is 2.67. The smallest absolute Gasteiger partial charge is 0.278 e. The number of rotatable bonds is 4. The monoisotopic (exact) mass is 262 g/mol. The van der Waals surface area contributed by atoms with Crippen molar-refractivity contribution >= 4 is 11.6 Å². The number of hydrogen-bond donors (Lipinski definition) is 1. The third-order valence-electron chi connectivity index (χ3n) is 2.62. The topological polar surface area (TPSA) is 73.6 Å². The molecular formula is C13H14N2O4. The average Bonchev–Trinajstić information content (AvgIpc) is 2.85. The van der Waals surface area contributed by atoms with Crippen LogP contribution in [0.4, 0.5) is 5.69 Å². The molecule has 0 radical (unpaired) electrons. The largest absolute Gasteiger partial charge is 0.497 e.